The predicted molar refractivity (Wildman–Crippen MR) is 258 cm³/mol. The lowest BCUT2D eigenvalue weighted by Crippen LogP contribution is -2.60. The van der Waals surface area contributed by atoms with Gasteiger partial charge in [-0.05, 0) is 88.3 Å². The SMILES string of the molecule is CC(C)C[C@H](NC(=O)[C@H](C)NC(=O)[C@H](Cc1ccccc1)NC(=O)[C@H](Cc1ccccc1)NC(=O)[C@H](CC(C)C)NC(=O)[C@H](C)NC(=O)[C@@H]1CCCN1C(=O)[C@H](CCCCN)NC(=O)CN)C(=O)O. The van der Waals surface area contributed by atoms with Gasteiger partial charge in [0.15, 0.2) is 0 Å². The molecule has 1 saturated heterocycles. The lowest BCUT2D eigenvalue weighted by Gasteiger charge is -2.30. The first kappa shape index (κ1) is 56.9. The van der Waals surface area contributed by atoms with E-state index in [1.807, 2.05) is 27.7 Å². The fraction of sp³-hybridized carbons (Fsp3) is 0.571. The molecule has 1 heterocycles. The van der Waals surface area contributed by atoms with Crippen molar-refractivity contribution < 1.29 is 48.3 Å². The quantitative estimate of drug-likeness (QED) is 0.0511. The number of likely N-dealkylation sites (tertiary alicyclic amines) is 1. The van der Waals surface area contributed by atoms with E-state index in [0.29, 0.717) is 49.8 Å². The molecule has 12 N–H and O–H groups in total. The van der Waals surface area contributed by atoms with Crippen molar-refractivity contribution in [3.8, 4) is 0 Å². The van der Waals surface area contributed by atoms with Gasteiger partial charge in [0.05, 0.1) is 6.54 Å². The first-order valence-electron chi connectivity index (χ1n) is 23.9. The number of hydrogen-bond donors (Lipinski definition) is 10. The summed E-state index contributed by atoms with van der Waals surface area (Å²) in [7, 11) is 0. The largest absolute Gasteiger partial charge is 0.480 e. The topological polar surface area (TPSA) is 313 Å². The van der Waals surface area contributed by atoms with Crippen LogP contribution in [0.1, 0.15) is 97.6 Å². The van der Waals surface area contributed by atoms with Gasteiger partial charge >= 0.3 is 5.97 Å². The van der Waals surface area contributed by atoms with Crippen LogP contribution in [-0.2, 0) is 56.0 Å². The summed E-state index contributed by atoms with van der Waals surface area (Å²) < 4.78 is 0. The molecule has 3 rings (SSSR count). The molecule has 0 aromatic heterocycles. The molecule has 0 spiro atoms. The molecular formula is C49H74N10O10. The monoisotopic (exact) mass is 963 g/mol. The third kappa shape index (κ3) is 19.2. The normalized spacial score (nSPS) is 16.4. The third-order valence-electron chi connectivity index (χ3n) is 11.6. The van der Waals surface area contributed by atoms with Crippen molar-refractivity contribution >= 4 is 53.2 Å². The van der Waals surface area contributed by atoms with Gasteiger partial charge in [-0.3, -0.25) is 38.4 Å². The van der Waals surface area contributed by atoms with Crippen LogP contribution < -0.4 is 48.7 Å². The summed E-state index contributed by atoms with van der Waals surface area (Å²) in [6.45, 7) is 10.5. The Labute approximate surface area is 405 Å². The Hall–Kier alpha value is -6.41. The molecule has 8 atom stereocenters. The van der Waals surface area contributed by atoms with Crippen molar-refractivity contribution in [2.75, 3.05) is 19.6 Å². The zero-order chi connectivity index (χ0) is 51.2. The number of carbonyl (C=O) groups excluding carboxylic acids is 8. The van der Waals surface area contributed by atoms with Crippen LogP contribution in [0.4, 0.5) is 0 Å². The van der Waals surface area contributed by atoms with Gasteiger partial charge in [-0.1, -0.05) is 88.4 Å². The number of carboxylic acid groups (broad SMARTS) is 1. The van der Waals surface area contributed by atoms with Crippen molar-refractivity contribution in [2.45, 2.75) is 148 Å². The zero-order valence-electron chi connectivity index (χ0n) is 40.8. The van der Waals surface area contributed by atoms with Gasteiger partial charge in [0, 0.05) is 19.4 Å². The minimum absolute atomic E-state index is 0.00744. The average Bonchev–Trinajstić information content (AvgIpc) is 3.81. The maximum atomic E-state index is 14.4. The van der Waals surface area contributed by atoms with Crippen LogP contribution >= 0.6 is 0 Å². The lowest BCUT2D eigenvalue weighted by atomic mass is 10.00. The van der Waals surface area contributed by atoms with Crippen LogP contribution in [-0.4, -0.2) is 131 Å². The van der Waals surface area contributed by atoms with Gasteiger partial charge in [-0.2, -0.15) is 0 Å². The standard InChI is InChI=1S/C49H74N10O10/c1-29(2)24-36(55-42(61)32(6)53-47(66)40-21-15-23-59(40)48(67)35(20-13-14-22-50)54-41(60)28-51)45(64)57-38(27-34-18-11-8-12-19-34)46(65)56-37(26-33-16-9-7-10-17-33)44(63)52-31(5)43(62)58-39(49(68)69)25-30(3)4/h7-12,16-19,29-32,35-40H,13-15,20-28,50-51H2,1-6H3,(H,52,63)(H,53,66)(H,54,60)(H,55,61)(H,56,65)(H,57,64)(H,58,62)(H,68,69)/t31-,32-,35-,36-,37-,38-,39-,40-/m0/s1. The average molecular weight is 963 g/mol. The van der Waals surface area contributed by atoms with Gasteiger partial charge in [-0.25, -0.2) is 4.79 Å². The maximum Gasteiger partial charge on any atom is 0.326 e. The number of amides is 8. The van der Waals surface area contributed by atoms with E-state index in [4.69, 9.17) is 11.5 Å². The van der Waals surface area contributed by atoms with Crippen molar-refractivity contribution in [2.24, 2.45) is 23.3 Å². The van der Waals surface area contributed by atoms with Gasteiger partial charge in [0.25, 0.3) is 0 Å². The van der Waals surface area contributed by atoms with Crippen LogP contribution in [0.5, 0.6) is 0 Å². The molecule has 1 aliphatic heterocycles. The molecule has 20 heteroatoms. The summed E-state index contributed by atoms with van der Waals surface area (Å²) in [4.78, 5) is 122. The summed E-state index contributed by atoms with van der Waals surface area (Å²) in [6.07, 6.45) is 2.62. The predicted octanol–water partition coefficient (Wildman–Crippen LogP) is 0.161. The Morgan fingerprint density at radius 2 is 1.04 bits per heavy atom. The smallest absolute Gasteiger partial charge is 0.326 e. The Balaban J connectivity index is 1.81. The first-order chi connectivity index (χ1) is 32.7. The number of benzene rings is 2. The highest BCUT2D eigenvalue weighted by molar-refractivity contribution is 5.98. The van der Waals surface area contributed by atoms with E-state index < -0.39 is 102 Å². The van der Waals surface area contributed by atoms with Gasteiger partial charge in [0.2, 0.25) is 47.3 Å². The zero-order valence-corrected chi connectivity index (χ0v) is 40.8. The van der Waals surface area contributed by atoms with E-state index in [9.17, 15) is 48.3 Å². The molecule has 0 unspecified atom stereocenters. The van der Waals surface area contributed by atoms with E-state index in [0.717, 1.165) is 0 Å². The van der Waals surface area contributed by atoms with Gasteiger partial charge in [-0.15, -0.1) is 0 Å². The van der Waals surface area contributed by atoms with E-state index >= 15 is 0 Å². The molecule has 0 saturated carbocycles. The summed E-state index contributed by atoms with van der Waals surface area (Å²) in [5, 5.41) is 28.3. The summed E-state index contributed by atoms with van der Waals surface area (Å²) in [5.41, 5.74) is 12.5. The Bertz CT molecular complexity index is 2040. The van der Waals surface area contributed by atoms with Crippen molar-refractivity contribution in [1.82, 2.24) is 42.1 Å². The molecule has 1 aliphatic rings. The molecule has 0 aliphatic carbocycles. The molecule has 2 aromatic carbocycles. The fourth-order valence-electron chi connectivity index (χ4n) is 7.91. The number of carboxylic acids is 1. The van der Waals surface area contributed by atoms with E-state index in [1.165, 1.54) is 18.7 Å². The molecule has 1 fully saturated rings. The highest BCUT2D eigenvalue weighted by atomic mass is 16.4. The molecule has 69 heavy (non-hydrogen) atoms. The van der Waals surface area contributed by atoms with Crippen LogP contribution in [0.15, 0.2) is 60.7 Å². The molecule has 0 bridgehead atoms. The highest BCUT2D eigenvalue weighted by Gasteiger charge is 2.39. The molecule has 2 aromatic rings. The lowest BCUT2D eigenvalue weighted by molar-refractivity contribution is -0.142. The number of aliphatic carboxylic acids is 1. The molecule has 8 amide bonds. The second-order valence-corrected chi connectivity index (χ2v) is 18.5. The Morgan fingerprint density at radius 1 is 0.580 bits per heavy atom. The summed E-state index contributed by atoms with van der Waals surface area (Å²) in [5.74, 6) is -6.53. The highest BCUT2D eigenvalue weighted by Crippen LogP contribution is 2.20. The number of carbonyl (C=O) groups is 9. The van der Waals surface area contributed by atoms with E-state index in [2.05, 4.69) is 37.2 Å². The molecule has 20 nitrogen and oxygen atoms in total. The number of rotatable bonds is 28. The third-order valence-corrected chi connectivity index (χ3v) is 11.6. The van der Waals surface area contributed by atoms with Crippen molar-refractivity contribution in [3.05, 3.63) is 71.8 Å². The minimum atomic E-state index is -1.28. The van der Waals surface area contributed by atoms with Gasteiger partial charge in [0.1, 0.15) is 48.3 Å². The van der Waals surface area contributed by atoms with Gasteiger partial charge < -0.3 is 58.7 Å². The van der Waals surface area contributed by atoms with Crippen LogP contribution in [0.3, 0.4) is 0 Å². The van der Waals surface area contributed by atoms with E-state index in [1.54, 1.807) is 60.7 Å². The summed E-state index contributed by atoms with van der Waals surface area (Å²) in [6, 6.07) is 8.59. The van der Waals surface area contributed by atoms with E-state index in [-0.39, 0.29) is 50.6 Å². The number of nitrogens with zero attached hydrogens (tertiary/aromatic N) is 1. The Kier molecular flexibility index (Phi) is 23.8. The van der Waals surface area contributed by atoms with Crippen molar-refractivity contribution in [3.63, 3.8) is 0 Å². The number of hydrogen-bond acceptors (Lipinski definition) is 11. The minimum Gasteiger partial charge on any atom is -0.480 e. The summed E-state index contributed by atoms with van der Waals surface area (Å²) >= 11 is 0. The van der Waals surface area contributed by atoms with Crippen molar-refractivity contribution in [1.29, 1.82) is 0 Å². The fourth-order valence-corrected chi connectivity index (χ4v) is 7.91. The van der Waals surface area contributed by atoms with Crippen LogP contribution in [0.2, 0.25) is 0 Å². The molecule has 380 valence electrons. The molecular weight excluding hydrogens is 889 g/mol. The number of unbranched alkanes of at least 4 members (excludes halogenated alkanes) is 1. The maximum absolute atomic E-state index is 14.4. The number of nitrogens with one attached hydrogen (secondary N) is 7. The molecule has 0 radical (unpaired) electrons. The second kappa shape index (κ2) is 28.8. The number of nitrogens with two attached hydrogens (primary N) is 2. The van der Waals surface area contributed by atoms with Crippen LogP contribution in [0, 0.1) is 11.8 Å². The first-order valence-corrected chi connectivity index (χ1v) is 23.9. The van der Waals surface area contributed by atoms with Crippen LogP contribution in [0.25, 0.3) is 0 Å². The second-order valence-electron chi connectivity index (χ2n) is 18.5. The Morgan fingerprint density at radius 3 is 1.54 bits per heavy atom.